The molecule has 0 aliphatic rings. The average Bonchev–Trinajstić information content (AvgIpc) is 2.51. The number of carbonyl (C=O) groups is 1. The molecule has 0 bridgehead atoms. The largest absolute Gasteiger partial charge is 0.349 e. The normalized spacial score (nSPS) is 12.5. The van der Waals surface area contributed by atoms with E-state index in [1.165, 1.54) is 0 Å². The summed E-state index contributed by atoms with van der Waals surface area (Å²) in [4.78, 5) is 11.1. The van der Waals surface area contributed by atoms with Gasteiger partial charge in [0, 0.05) is 18.0 Å². The summed E-state index contributed by atoms with van der Waals surface area (Å²) >= 11 is 1.15. The summed E-state index contributed by atoms with van der Waals surface area (Å²) in [6, 6.07) is -0.0412. The minimum absolute atomic E-state index is 0.0412. The summed E-state index contributed by atoms with van der Waals surface area (Å²) in [6.45, 7) is 2.27. The summed E-state index contributed by atoms with van der Waals surface area (Å²) in [5, 5.41) is 7.83. The number of hydrogen-bond donors (Lipinski definition) is 2. The van der Waals surface area contributed by atoms with E-state index < -0.39 is 0 Å². The standard InChI is InChI=1S/C6H10N4OS/c1-4(7)2-8-6(11)5-3-12-10-9-5/h3-4H,2,7H2,1H3,(H,8,11). The maximum atomic E-state index is 11.1. The molecule has 1 atom stereocenters. The van der Waals surface area contributed by atoms with E-state index in [1.807, 2.05) is 6.92 Å². The van der Waals surface area contributed by atoms with E-state index in [0.29, 0.717) is 12.2 Å². The van der Waals surface area contributed by atoms with E-state index >= 15 is 0 Å². The van der Waals surface area contributed by atoms with Crippen molar-refractivity contribution in [3.8, 4) is 0 Å². The van der Waals surface area contributed by atoms with Crippen molar-refractivity contribution < 1.29 is 4.79 Å². The molecule has 0 fully saturated rings. The van der Waals surface area contributed by atoms with Crippen LogP contribution < -0.4 is 11.1 Å². The SMILES string of the molecule is CC(N)CNC(=O)c1csnn1. The molecule has 1 heterocycles. The van der Waals surface area contributed by atoms with Gasteiger partial charge in [-0.3, -0.25) is 4.79 Å². The van der Waals surface area contributed by atoms with Crippen molar-refractivity contribution in [2.24, 2.45) is 5.73 Å². The zero-order valence-corrected chi connectivity index (χ0v) is 7.47. The molecule has 66 valence electrons. The highest BCUT2D eigenvalue weighted by atomic mass is 32.1. The summed E-state index contributed by atoms with van der Waals surface area (Å²) < 4.78 is 3.57. The monoisotopic (exact) mass is 186 g/mol. The summed E-state index contributed by atoms with van der Waals surface area (Å²) in [7, 11) is 0. The summed E-state index contributed by atoms with van der Waals surface area (Å²) in [6.07, 6.45) is 0. The van der Waals surface area contributed by atoms with Gasteiger partial charge in [0.25, 0.3) is 5.91 Å². The van der Waals surface area contributed by atoms with Gasteiger partial charge in [0.1, 0.15) is 0 Å². The number of aromatic nitrogens is 2. The van der Waals surface area contributed by atoms with Gasteiger partial charge >= 0.3 is 0 Å². The predicted octanol–water partition coefficient (Wildman–Crippen LogP) is -0.385. The van der Waals surface area contributed by atoms with E-state index in [4.69, 9.17) is 5.73 Å². The number of hydrogen-bond acceptors (Lipinski definition) is 5. The number of nitrogens with one attached hydrogen (secondary N) is 1. The van der Waals surface area contributed by atoms with Crippen LogP contribution in [0.25, 0.3) is 0 Å². The molecule has 1 unspecified atom stereocenters. The zero-order chi connectivity index (χ0) is 8.97. The fraction of sp³-hybridized carbons (Fsp3) is 0.500. The van der Waals surface area contributed by atoms with Crippen LogP contribution in [-0.2, 0) is 0 Å². The van der Waals surface area contributed by atoms with Gasteiger partial charge < -0.3 is 11.1 Å². The maximum absolute atomic E-state index is 11.1. The highest BCUT2D eigenvalue weighted by molar-refractivity contribution is 7.03. The van der Waals surface area contributed by atoms with Crippen molar-refractivity contribution >= 4 is 17.4 Å². The molecule has 12 heavy (non-hydrogen) atoms. The second-order valence-corrected chi connectivity index (χ2v) is 3.09. The van der Waals surface area contributed by atoms with Crippen molar-refractivity contribution in [2.75, 3.05) is 6.54 Å². The molecule has 0 aliphatic carbocycles. The number of amides is 1. The summed E-state index contributed by atoms with van der Waals surface area (Å²) in [5.41, 5.74) is 5.79. The van der Waals surface area contributed by atoms with E-state index in [9.17, 15) is 4.79 Å². The van der Waals surface area contributed by atoms with Gasteiger partial charge in [-0.05, 0) is 18.5 Å². The van der Waals surface area contributed by atoms with Gasteiger partial charge in [0.15, 0.2) is 5.69 Å². The van der Waals surface area contributed by atoms with E-state index in [1.54, 1.807) is 5.38 Å². The van der Waals surface area contributed by atoms with E-state index in [0.717, 1.165) is 11.5 Å². The highest BCUT2D eigenvalue weighted by Gasteiger charge is 2.07. The maximum Gasteiger partial charge on any atom is 0.272 e. The second-order valence-electron chi connectivity index (χ2n) is 2.48. The average molecular weight is 186 g/mol. The van der Waals surface area contributed by atoms with E-state index in [-0.39, 0.29) is 11.9 Å². The van der Waals surface area contributed by atoms with Gasteiger partial charge in [0.05, 0.1) is 0 Å². The van der Waals surface area contributed by atoms with Crippen molar-refractivity contribution in [3.63, 3.8) is 0 Å². The molecule has 0 saturated heterocycles. The lowest BCUT2D eigenvalue weighted by atomic mass is 10.3. The number of nitrogens with zero attached hydrogens (tertiary/aromatic N) is 2. The predicted molar refractivity (Wildman–Crippen MR) is 45.9 cm³/mol. The van der Waals surface area contributed by atoms with Crippen LogP contribution in [0.15, 0.2) is 5.38 Å². The smallest absolute Gasteiger partial charge is 0.272 e. The van der Waals surface area contributed by atoms with Crippen molar-refractivity contribution in [2.45, 2.75) is 13.0 Å². The fourth-order valence-corrected chi connectivity index (χ4v) is 1.04. The van der Waals surface area contributed by atoms with Crippen LogP contribution in [0.1, 0.15) is 17.4 Å². The Labute approximate surface area is 74.1 Å². The molecule has 0 radical (unpaired) electrons. The molecule has 5 nitrogen and oxygen atoms in total. The Morgan fingerprint density at radius 2 is 2.67 bits per heavy atom. The molecule has 1 aromatic rings. The van der Waals surface area contributed by atoms with Crippen LogP contribution in [0.3, 0.4) is 0 Å². The lowest BCUT2D eigenvalue weighted by Gasteiger charge is -2.04. The molecule has 0 spiro atoms. The Balaban J connectivity index is 2.40. The van der Waals surface area contributed by atoms with Gasteiger partial charge in [-0.15, -0.1) is 5.10 Å². The number of carbonyl (C=O) groups excluding carboxylic acids is 1. The first kappa shape index (κ1) is 9.08. The number of rotatable bonds is 3. The summed E-state index contributed by atoms with van der Waals surface area (Å²) in [5.74, 6) is -0.221. The first-order chi connectivity index (χ1) is 5.70. The molecule has 1 amide bonds. The Morgan fingerprint density at radius 3 is 3.17 bits per heavy atom. The van der Waals surface area contributed by atoms with Gasteiger partial charge in [0.2, 0.25) is 0 Å². The molecular formula is C6H10N4OS. The minimum atomic E-state index is -0.221. The lowest BCUT2D eigenvalue weighted by molar-refractivity contribution is 0.0947. The zero-order valence-electron chi connectivity index (χ0n) is 6.65. The van der Waals surface area contributed by atoms with E-state index in [2.05, 4.69) is 14.9 Å². The topological polar surface area (TPSA) is 80.9 Å². The Kier molecular flexibility index (Phi) is 3.12. The third kappa shape index (κ3) is 2.55. The second kappa shape index (κ2) is 4.13. The Bertz CT molecular complexity index is 246. The first-order valence-corrected chi connectivity index (χ1v) is 4.34. The molecule has 0 aliphatic heterocycles. The fourth-order valence-electron chi connectivity index (χ4n) is 0.608. The minimum Gasteiger partial charge on any atom is -0.349 e. The molecule has 1 rings (SSSR count). The van der Waals surface area contributed by atoms with Gasteiger partial charge in [-0.2, -0.15) is 0 Å². The van der Waals surface area contributed by atoms with Crippen LogP contribution in [0.5, 0.6) is 0 Å². The molecule has 0 aromatic carbocycles. The lowest BCUT2D eigenvalue weighted by Crippen LogP contribution is -2.35. The molecule has 6 heteroatoms. The quantitative estimate of drug-likeness (QED) is 0.674. The third-order valence-electron chi connectivity index (χ3n) is 1.18. The van der Waals surface area contributed by atoms with Crippen molar-refractivity contribution in [1.82, 2.24) is 14.9 Å². The van der Waals surface area contributed by atoms with Crippen LogP contribution in [0, 0.1) is 0 Å². The first-order valence-electron chi connectivity index (χ1n) is 3.51. The Hall–Kier alpha value is -1.01. The van der Waals surface area contributed by atoms with Crippen LogP contribution in [0.2, 0.25) is 0 Å². The van der Waals surface area contributed by atoms with Gasteiger partial charge in [-0.1, -0.05) is 4.49 Å². The van der Waals surface area contributed by atoms with Gasteiger partial charge in [-0.25, -0.2) is 0 Å². The van der Waals surface area contributed by atoms with Crippen LogP contribution in [-0.4, -0.2) is 28.1 Å². The molecule has 3 N–H and O–H groups in total. The number of nitrogens with two attached hydrogens (primary N) is 1. The third-order valence-corrected chi connectivity index (χ3v) is 1.68. The molecule has 1 aromatic heterocycles. The molecular weight excluding hydrogens is 176 g/mol. The highest BCUT2D eigenvalue weighted by Crippen LogP contribution is 1.95. The van der Waals surface area contributed by atoms with Crippen molar-refractivity contribution in [3.05, 3.63) is 11.1 Å². The van der Waals surface area contributed by atoms with Crippen molar-refractivity contribution in [1.29, 1.82) is 0 Å². The van der Waals surface area contributed by atoms with Crippen LogP contribution >= 0.6 is 11.5 Å². The molecule has 0 saturated carbocycles. The van der Waals surface area contributed by atoms with Crippen LogP contribution in [0.4, 0.5) is 0 Å². The Morgan fingerprint density at radius 1 is 1.92 bits per heavy atom.